The standard InChI is InChI=1S/C30H41N5/c1-6-35-23-30(3,4)22-33(5)29-19-25(11-12-28(29)35)13-17-34(18-14-26-10-8-15-31-20-26)21-27-24(2)9-7-16-32-27/h7-12,15-16,19-20H,6,13-14,17-18,21-23H2,1-5H3. The van der Waals surface area contributed by atoms with Crippen LogP contribution in [0.15, 0.2) is 61.1 Å². The highest BCUT2D eigenvalue weighted by Crippen LogP contribution is 2.37. The summed E-state index contributed by atoms with van der Waals surface area (Å²) in [5.74, 6) is 0. The van der Waals surface area contributed by atoms with Crippen molar-refractivity contribution in [1.82, 2.24) is 14.9 Å². The predicted octanol–water partition coefficient (Wildman–Crippen LogP) is 5.37. The Morgan fingerprint density at radius 2 is 1.71 bits per heavy atom. The van der Waals surface area contributed by atoms with Crippen molar-refractivity contribution >= 4 is 11.4 Å². The van der Waals surface area contributed by atoms with Crippen molar-refractivity contribution in [3.63, 3.8) is 0 Å². The van der Waals surface area contributed by atoms with Crippen molar-refractivity contribution in [1.29, 1.82) is 0 Å². The monoisotopic (exact) mass is 471 g/mol. The number of hydrogen-bond acceptors (Lipinski definition) is 5. The van der Waals surface area contributed by atoms with Crippen LogP contribution in [0.25, 0.3) is 0 Å². The molecular formula is C30H41N5. The molecule has 0 bridgehead atoms. The zero-order chi connectivity index (χ0) is 24.8. The summed E-state index contributed by atoms with van der Waals surface area (Å²) in [6, 6.07) is 15.5. The summed E-state index contributed by atoms with van der Waals surface area (Å²) in [4.78, 5) is 16.5. The normalized spacial score (nSPS) is 15.3. The lowest BCUT2D eigenvalue weighted by atomic mass is 9.92. The zero-order valence-electron chi connectivity index (χ0n) is 22.2. The third-order valence-corrected chi connectivity index (χ3v) is 7.11. The molecule has 0 unspecified atom stereocenters. The molecular weight excluding hydrogens is 430 g/mol. The molecule has 3 heterocycles. The minimum atomic E-state index is 0.258. The maximum Gasteiger partial charge on any atom is 0.0604 e. The second kappa shape index (κ2) is 11.2. The zero-order valence-corrected chi connectivity index (χ0v) is 22.2. The van der Waals surface area contributed by atoms with Gasteiger partial charge in [0.15, 0.2) is 0 Å². The van der Waals surface area contributed by atoms with Gasteiger partial charge >= 0.3 is 0 Å². The van der Waals surface area contributed by atoms with Gasteiger partial charge in [-0.15, -0.1) is 0 Å². The van der Waals surface area contributed by atoms with E-state index in [0.29, 0.717) is 0 Å². The van der Waals surface area contributed by atoms with E-state index in [9.17, 15) is 0 Å². The van der Waals surface area contributed by atoms with Gasteiger partial charge in [-0.25, -0.2) is 0 Å². The number of benzene rings is 1. The van der Waals surface area contributed by atoms with E-state index in [1.807, 2.05) is 30.7 Å². The SMILES string of the molecule is CCN1CC(C)(C)CN(C)c2cc(CCN(CCc3cccnc3)Cc3ncccc3C)ccc21. The lowest BCUT2D eigenvalue weighted by molar-refractivity contribution is 0.268. The summed E-state index contributed by atoms with van der Waals surface area (Å²) in [5.41, 5.74) is 8.08. The molecule has 5 heteroatoms. The average Bonchev–Trinajstić information content (AvgIpc) is 2.95. The molecule has 0 fully saturated rings. The minimum absolute atomic E-state index is 0.258. The maximum atomic E-state index is 4.67. The Labute approximate surface area is 211 Å². The van der Waals surface area contributed by atoms with Crippen LogP contribution in [0, 0.1) is 12.3 Å². The molecule has 0 atom stereocenters. The fourth-order valence-corrected chi connectivity index (χ4v) is 5.24. The van der Waals surface area contributed by atoms with E-state index in [0.717, 1.165) is 52.1 Å². The number of aromatic nitrogens is 2. The van der Waals surface area contributed by atoms with Crippen molar-refractivity contribution in [2.45, 2.75) is 47.1 Å². The fraction of sp³-hybridized carbons (Fsp3) is 0.467. The highest BCUT2D eigenvalue weighted by molar-refractivity contribution is 5.73. The van der Waals surface area contributed by atoms with Gasteiger partial charge in [-0.05, 0) is 73.1 Å². The molecule has 35 heavy (non-hydrogen) atoms. The lowest BCUT2D eigenvalue weighted by Crippen LogP contribution is -2.37. The molecule has 0 radical (unpaired) electrons. The molecule has 0 amide bonds. The van der Waals surface area contributed by atoms with Crippen molar-refractivity contribution in [2.75, 3.05) is 49.6 Å². The predicted molar refractivity (Wildman–Crippen MR) is 147 cm³/mol. The first-order valence-corrected chi connectivity index (χ1v) is 13.0. The van der Waals surface area contributed by atoms with E-state index >= 15 is 0 Å². The van der Waals surface area contributed by atoms with Gasteiger partial charge in [-0.2, -0.15) is 0 Å². The smallest absolute Gasteiger partial charge is 0.0604 e. The van der Waals surface area contributed by atoms with Crippen LogP contribution >= 0.6 is 0 Å². The molecule has 0 aliphatic carbocycles. The third-order valence-electron chi connectivity index (χ3n) is 7.11. The van der Waals surface area contributed by atoms with Gasteiger partial charge in [0.2, 0.25) is 0 Å². The number of aryl methyl sites for hydroxylation is 1. The average molecular weight is 472 g/mol. The molecule has 0 saturated heterocycles. The van der Waals surface area contributed by atoms with Gasteiger partial charge < -0.3 is 9.80 Å². The van der Waals surface area contributed by atoms with Gasteiger partial charge in [0, 0.05) is 64.9 Å². The first-order valence-electron chi connectivity index (χ1n) is 13.0. The van der Waals surface area contributed by atoms with E-state index < -0.39 is 0 Å². The van der Waals surface area contributed by atoms with Crippen LogP contribution in [-0.4, -0.2) is 54.6 Å². The molecule has 1 aliphatic rings. The Morgan fingerprint density at radius 3 is 2.43 bits per heavy atom. The second-order valence-corrected chi connectivity index (χ2v) is 10.8. The Bertz CT molecular complexity index is 1090. The molecule has 1 aliphatic heterocycles. The Kier molecular flexibility index (Phi) is 8.07. The van der Waals surface area contributed by atoms with E-state index in [4.69, 9.17) is 0 Å². The topological polar surface area (TPSA) is 35.5 Å². The first-order chi connectivity index (χ1) is 16.8. The number of anilines is 2. The first kappa shape index (κ1) is 25.2. The Hall–Kier alpha value is -2.92. The molecule has 0 spiro atoms. The highest BCUT2D eigenvalue weighted by Gasteiger charge is 2.29. The number of rotatable bonds is 9. The molecule has 0 saturated carbocycles. The number of nitrogens with zero attached hydrogens (tertiary/aromatic N) is 5. The summed E-state index contributed by atoms with van der Waals surface area (Å²) in [5, 5.41) is 0. The Morgan fingerprint density at radius 1 is 0.943 bits per heavy atom. The summed E-state index contributed by atoms with van der Waals surface area (Å²) < 4.78 is 0. The summed E-state index contributed by atoms with van der Waals surface area (Å²) in [6.45, 7) is 15.2. The van der Waals surface area contributed by atoms with Gasteiger partial charge in [-0.3, -0.25) is 14.9 Å². The highest BCUT2D eigenvalue weighted by atomic mass is 15.2. The van der Waals surface area contributed by atoms with E-state index in [1.54, 1.807) is 0 Å². The van der Waals surface area contributed by atoms with Crippen molar-refractivity contribution in [2.24, 2.45) is 5.41 Å². The largest absolute Gasteiger partial charge is 0.372 e. The second-order valence-electron chi connectivity index (χ2n) is 10.8. The van der Waals surface area contributed by atoms with Crippen molar-refractivity contribution in [3.8, 4) is 0 Å². The van der Waals surface area contributed by atoms with Crippen molar-refractivity contribution < 1.29 is 0 Å². The molecule has 1 aromatic carbocycles. The number of hydrogen-bond donors (Lipinski definition) is 0. The van der Waals surface area contributed by atoms with E-state index in [1.165, 1.54) is 33.8 Å². The lowest BCUT2D eigenvalue weighted by Gasteiger charge is -2.30. The van der Waals surface area contributed by atoms with Crippen molar-refractivity contribution in [3.05, 3.63) is 83.4 Å². The van der Waals surface area contributed by atoms with Crippen LogP contribution in [0.2, 0.25) is 0 Å². The van der Waals surface area contributed by atoms with Gasteiger partial charge in [0.25, 0.3) is 0 Å². The third kappa shape index (κ3) is 6.61. The summed E-state index contributed by atoms with van der Waals surface area (Å²) in [6.07, 6.45) is 7.75. The number of fused-ring (bicyclic) bond motifs is 1. The maximum absolute atomic E-state index is 4.67. The molecule has 5 nitrogen and oxygen atoms in total. The molecule has 3 aromatic rings. The van der Waals surface area contributed by atoms with Gasteiger partial charge in [0.05, 0.1) is 17.1 Å². The molecule has 0 N–H and O–H groups in total. The quantitative estimate of drug-likeness (QED) is 0.419. The van der Waals surface area contributed by atoms with E-state index in [-0.39, 0.29) is 5.41 Å². The van der Waals surface area contributed by atoms with Gasteiger partial charge in [0.1, 0.15) is 0 Å². The summed E-state index contributed by atoms with van der Waals surface area (Å²) >= 11 is 0. The van der Waals surface area contributed by atoms with Gasteiger partial charge in [-0.1, -0.05) is 32.0 Å². The number of pyridine rings is 2. The van der Waals surface area contributed by atoms with Crippen LogP contribution in [0.3, 0.4) is 0 Å². The minimum Gasteiger partial charge on any atom is -0.372 e. The van der Waals surface area contributed by atoms with Crippen LogP contribution in [0.5, 0.6) is 0 Å². The molecule has 186 valence electrons. The Balaban J connectivity index is 1.50. The van der Waals surface area contributed by atoms with E-state index in [2.05, 4.69) is 89.7 Å². The summed E-state index contributed by atoms with van der Waals surface area (Å²) in [7, 11) is 2.24. The fourth-order valence-electron chi connectivity index (χ4n) is 5.24. The molecule has 4 rings (SSSR count). The van der Waals surface area contributed by atoms with Crippen LogP contribution in [-0.2, 0) is 19.4 Å². The van der Waals surface area contributed by atoms with Crippen LogP contribution in [0.1, 0.15) is 43.2 Å². The molecule has 2 aromatic heterocycles. The van der Waals surface area contributed by atoms with Crippen LogP contribution < -0.4 is 9.80 Å². The van der Waals surface area contributed by atoms with Crippen LogP contribution in [0.4, 0.5) is 11.4 Å².